The largest absolute Gasteiger partial charge is 0.357 e. The molecule has 0 saturated carbocycles. The normalized spacial score (nSPS) is 25.1. The van der Waals surface area contributed by atoms with Gasteiger partial charge in [0.25, 0.3) is 0 Å². The van der Waals surface area contributed by atoms with Crippen LogP contribution in [0.1, 0.15) is 17.5 Å². The number of rotatable bonds is 3. The van der Waals surface area contributed by atoms with Crippen molar-refractivity contribution in [3.05, 3.63) is 83.9 Å². The maximum atomic E-state index is 13.8. The zero-order chi connectivity index (χ0) is 22.1. The van der Waals surface area contributed by atoms with Crippen molar-refractivity contribution in [3.8, 4) is 0 Å². The summed E-state index contributed by atoms with van der Waals surface area (Å²) in [6.45, 7) is 2.50. The highest BCUT2D eigenvalue weighted by Crippen LogP contribution is 2.64. The van der Waals surface area contributed by atoms with Crippen LogP contribution in [0, 0.1) is 6.92 Å². The number of anilines is 1. The Morgan fingerprint density at radius 1 is 0.906 bits per heavy atom. The van der Waals surface area contributed by atoms with Gasteiger partial charge in [0.05, 0.1) is 14.9 Å². The van der Waals surface area contributed by atoms with Crippen molar-refractivity contribution in [2.24, 2.45) is 0 Å². The van der Waals surface area contributed by atoms with Crippen LogP contribution in [0.25, 0.3) is 0 Å². The molecule has 0 amide bonds. The first kappa shape index (κ1) is 20.7. The van der Waals surface area contributed by atoms with E-state index in [-0.39, 0.29) is 16.2 Å². The maximum absolute atomic E-state index is 13.8. The van der Waals surface area contributed by atoms with Gasteiger partial charge in [-0.05, 0) is 49.2 Å². The number of fused-ring (bicyclic) bond motifs is 4. The summed E-state index contributed by atoms with van der Waals surface area (Å²) in [5.74, 6) is 0. The molecule has 0 aliphatic carbocycles. The molecule has 3 heterocycles. The number of hydrogen-bond donors (Lipinski definition) is 0. The third kappa shape index (κ3) is 2.78. The van der Waals surface area contributed by atoms with E-state index in [9.17, 15) is 8.42 Å². The van der Waals surface area contributed by atoms with Crippen LogP contribution in [0.3, 0.4) is 0 Å². The lowest BCUT2D eigenvalue weighted by atomic mass is 9.81. The van der Waals surface area contributed by atoms with E-state index in [1.807, 2.05) is 55.7 Å². The summed E-state index contributed by atoms with van der Waals surface area (Å²) in [6.07, 6.45) is 0.563. The second kappa shape index (κ2) is 7.29. The molecule has 0 N–H and O–H groups in total. The minimum absolute atomic E-state index is 0.217. The first-order valence-corrected chi connectivity index (χ1v) is 14.0. The molecule has 4 nitrogen and oxygen atoms in total. The standard InChI is InChI=1S/C25H24N2O2S3/c1-17-11-13-18(14-12-17)32(28,29)27-16-15-25(24-30-21-9-5-6-10-22(21)31-24)19-7-3-4-8-20(19)26(2)23(25)27/h3-14,23-24H,15-16H2,1-2H3/t23-,25+/m1/s1. The molecule has 164 valence electrons. The van der Waals surface area contributed by atoms with Crippen molar-refractivity contribution in [2.45, 2.75) is 44.2 Å². The fraction of sp³-hybridized carbons (Fsp3) is 0.280. The van der Waals surface area contributed by atoms with E-state index in [1.165, 1.54) is 15.4 Å². The lowest BCUT2D eigenvalue weighted by molar-refractivity contribution is 0.327. The second-order valence-corrected chi connectivity index (χ2v) is 13.2. The van der Waals surface area contributed by atoms with Gasteiger partial charge in [0.2, 0.25) is 10.0 Å². The predicted octanol–water partition coefficient (Wildman–Crippen LogP) is 5.33. The van der Waals surface area contributed by atoms with E-state index in [4.69, 9.17) is 0 Å². The molecule has 0 spiro atoms. The third-order valence-electron chi connectivity index (χ3n) is 7.00. The van der Waals surface area contributed by atoms with Crippen molar-refractivity contribution in [1.82, 2.24) is 4.31 Å². The topological polar surface area (TPSA) is 40.6 Å². The summed E-state index contributed by atoms with van der Waals surface area (Å²) in [7, 11) is -1.57. The SMILES string of the molecule is Cc1ccc(S(=O)(=O)N2CC[C@]3(C4Sc5ccccc5S4)c4ccccc4N(C)[C@H]23)cc1. The fourth-order valence-electron chi connectivity index (χ4n) is 5.50. The van der Waals surface area contributed by atoms with Gasteiger partial charge in [-0.2, -0.15) is 4.31 Å². The van der Waals surface area contributed by atoms with Crippen molar-refractivity contribution < 1.29 is 8.42 Å². The Bertz CT molecular complexity index is 1280. The first-order valence-electron chi connectivity index (χ1n) is 10.8. The molecule has 3 aliphatic rings. The Kier molecular flexibility index (Phi) is 4.70. The Hall–Kier alpha value is -1.93. The zero-order valence-corrected chi connectivity index (χ0v) is 20.4. The number of hydrogen-bond acceptors (Lipinski definition) is 5. The van der Waals surface area contributed by atoms with E-state index < -0.39 is 10.0 Å². The van der Waals surface area contributed by atoms with Gasteiger partial charge in [0.1, 0.15) is 6.17 Å². The van der Waals surface area contributed by atoms with Gasteiger partial charge in [-0.3, -0.25) is 0 Å². The van der Waals surface area contributed by atoms with Crippen LogP contribution in [-0.2, 0) is 15.4 Å². The Morgan fingerprint density at radius 3 is 2.22 bits per heavy atom. The molecule has 7 heteroatoms. The van der Waals surface area contributed by atoms with Gasteiger partial charge in [-0.1, -0.05) is 48.0 Å². The summed E-state index contributed by atoms with van der Waals surface area (Å²) < 4.78 is 29.7. The molecule has 1 saturated heterocycles. The fourth-order valence-corrected chi connectivity index (χ4v) is 10.6. The zero-order valence-electron chi connectivity index (χ0n) is 17.9. The van der Waals surface area contributed by atoms with Gasteiger partial charge in [-0.15, -0.1) is 23.5 Å². The summed E-state index contributed by atoms with van der Waals surface area (Å²) in [5, 5.41) is 0. The lowest BCUT2D eigenvalue weighted by Crippen LogP contribution is -2.53. The van der Waals surface area contributed by atoms with Crippen LogP contribution in [-0.4, -0.2) is 37.1 Å². The molecule has 0 unspecified atom stereocenters. The monoisotopic (exact) mass is 480 g/mol. The number of sulfonamides is 1. The molecule has 3 aliphatic heterocycles. The van der Waals surface area contributed by atoms with E-state index >= 15 is 0 Å². The molecular weight excluding hydrogens is 456 g/mol. The molecule has 0 radical (unpaired) electrons. The summed E-state index contributed by atoms with van der Waals surface area (Å²) in [6, 6.07) is 24.2. The number of aryl methyl sites for hydroxylation is 1. The van der Waals surface area contributed by atoms with Crippen molar-refractivity contribution in [3.63, 3.8) is 0 Å². The predicted molar refractivity (Wildman–Crippen MR) is 132 cm³/mol. The van der Waals surface area contributed by atoms with Crippen LogP contribution < -0.4 is 4.90 Å². The number of thioether (sulfide) groups is 2. The molecular formula is C25H24N2O2S3. The average molecular weight is 481 g/mol. The van der Waals surface area contributed by atoms with Crippen LogP contribution in [0.15, 0.2) is 87.5 Å². The van der Waals surface area contributed by atoms with E-state index in [0.29, 0.717) is 11.4 Å². The van der Waals surface area contributed by atoms with Crippen LogP contribution >= 0.6 is 23.5 Å². The highest BCUT2D eigenvalue weighted by atomic mass is 32.2. The maximum Gasteiger partial charge on any atom is 0.244 e. The van der Waals surface area contributed by atoms with Crippen molar-refractivity contribution in [2.75, 3.05) is 18.5 Å². The average Bonchev–Trinajstić information content (AvgIpc) is 3.47. The van der Waals surface area contributed by atoms with Crippen molar-refractivity contribution >= 4 is 39.2 Å². The molecule has 2 atom stereocenters. The lowest BCUT2D eigenvalue weighted by Gasteiger charge is -2.39. The summed E-state index contributed by atoms with van der Waals surface area (Å²) >= 11 is 3.78. The van der Waals surface area contributed by atoms with Gasteiger partial charge < -0.3 is 4.90 Å². The van der Waals surface area contributed by atoms with Gasteiger partial charge in [0.15, 0.2) is 0 Å². The van der Waals surface area contributed by atoms with E-state index in [2.05, 4.69) is 47.4 Å². The summed E-state index contributed by atoms with van der Waals surface area (Å²) in [5.41, 5.74) is 3.18. The quantitative estimate of drug-likeness (QED) is 0.507. The summed E-state index contributed by atoms with van der Waals surface area (Å²) in [4.78, 5) is 5.15. The van der Waals surface area contributed by atoms with E-state index in [1.54, 1.807) is 16.4 Å². The molecule has 1 fully saturated rings. The van der Waals surface area contributed by atoms with Crippen molar-refractivity contribution in [1.29, 1.82) is 0 Å². The smallest absolute Gasteiger partial charge is 0.244 e. The molecule has 32 heavy (non-hydrogen) atoms. The Labute approximate surface area is 198 Å². The highest BCUT2D eigenvalue weighted by molar-refractivity contribution is 8.19. The van der Waals surface area contributed by atoms with Gasteiger partial charge >= 0.3 is 0 Å². The third-order valence-corrected chi connectivity index (χ3v) is 12.1. The second-order valence-electron chi connectivity index (χ2n) is 8.74. The molecule has 3 aromatic carbocycles. The Balaban J connectivity index is 1.48. The number of para-hydroxylation sites is 1. The minimum Gasteiger partial charge on any atom is -0.357 e. The minimum atomic E-state index is -3.62. The van der Waals surface area contributed by atoms with Gasteiger partial charge in [-0.25, -0.2) is 8.42 Å². The number of benzene rings is 3. The van der Waals surface area contributed by atoms with Crippen LogP contribution in [0.5, 0.6) is 0 Å². The molecule has 0 aromatic heterocycles. The Morgan fingerprint density at radius 2 is 1.53 bits per heavy atom. The number of likely N-dealkylation sites (N-methyl/N-ethyl adjacent to an activating group) is 1. The van der Waals surface area contributed by atoms with Gasteiger partial charge in [0, 0.05) is 29.1 Å². The molecule has 3 aromatic rings. The molecule has 0 bridgehead atoms. The van der Waals surface area contributed by atoms with E-state index in [0.717, 1.165) is 17.7 Å². The first-order chi connectivity index (χ1) is 15.4. The van der Waals surface area contributed by atoms with Crippen LogP contribution in [0.2, 0.25) is 0 Å². The number of nitrogens with zero attached hydrogens (tertiary/aromatic N) is 2. The molecule has 6 rings (SSSR count). The van der Waals surface area contributed by atoms with Crippen LogP contribution in [0.4, 0.5) is 5.69 Å². The highest BCUT2D eigenvalue weighted by Gasteiger charge is 2.63.